The predicted molar refractivity (Wildman–Crippen MR) is 368 cm³/mol. The molecule has 0 aliphatic heterocycles. The van der Waals surface area contributed by atoms with Gasteiger partial charge in [-0.3, -0.25) is 13.7 Å². The van der Waals surface area contributed by atoms with E-state index < -0.39 is 0 Å². The molecule has 0 aliphatic carbocycles. The van der Waals surface area contributed by atoms with Gasteiger partial charge in [0.2, 0.25) is 0 Å². The molecule has 0 saturated carbocycles. The summed E-state index contributed by atoms with van der Waals surface area (Å²) < 4.78 is 6.80. The third kappa shape index (κ3) is 11.7. The van der Waals surface area contributed by atoms with Gasteiger partial charge in [-0.15, -0.1) is 0 Å². The van der Waals surface area contributed by atoms with Crippen LogP contribution in [0.4, 0.5) is 0 Å². The quantitative estimate of drug-likeness (QED) is 0.0795. The van der Waals surface area contributed by atoms with Crippen molar-refractivity contribution in [1.82, 2.24) is 43.6 Å². The van der Waals surface area contributed by atoms with Crippen molar-refractivity contribution in [3.05, 3.63) is 240 Å². The van der Waals surface area contributed by atoms with Gasteiger partial charge in [-0.25, -0.2) is 29.9 Å². The number of rotatable bonds is 18. The van der Waals surface area contributed by atoms with Crippen LogP contribution in [0.5, 0.6) is 0 Å². The lowest BCUT2D eigenvalue weighted by atomic mass is 9.93. The molecule has 440 valence electrons. The number of aromatic nitrogens is 9. The first-order valence-corrected chi connectivity index (χ1v) is 31.4. The Hall–Kier alpha value is -9.60. The fourth-order valence-corrected chi connectivity index (χ4v) is 11.7. The lowest BCUT2D eigenvalue weighted by Crippen LogP contribution is -2.03. The van der Waals surface area contributed by atoms with Gasteiger partial charge in [0.1, 0.15) is 17.5 Å². The van der Waals surface area contributed by atoms with Crippen LogP contribution in [0.15, 0.2) is 212 Å². The summed E-state index contributed by atoms with van der Waals surface area (Å²) >= 11 is 0. The van der Waals surface area contributed by atoms with Crippen molar-refractivity contribution in [2.45, 2.75) is 113 Å². The highest BCUT2D eigenvalue weighted by atomic mass is 15.1. The number of nitrogens with zero attached hydrogens (tertiary/aromatic N) is 9. The van der Waals surface area contributed by atoms with E-state index in [0.29, 0.717) is 53.0 Å². The van der Waals surface area contributed by atoms with Crippen molar-refractivity contribution in [3.63, 3.8) is 0 Å². The van der Waals surface area contributed by atoms with E-state index in [9.17, 15) is 0 Å². The number of para-hydroxylation sites is 6. The van der Waals surface area contributed by atoms with Gasteiger partial charge in [0.05, 0.1) is 33.1 Å². The molecule has 0 bridgehead atoms. The molecule has 0 saturated heterocycles. The Bertz CT molecular complexity index is 4340. The maximum absolute atomic E-state index is 5.32. The molecule has 9 nitrogen and oxygen atoms in total. The smallest absolute Gasteiger partial charge is 0.164 e. The van der Waals surface area contributed by atoms with Gasteiger partial charge in [-0.2, -0.15) is 0 Å². The lowest BCUT2D eigenvalue weighted by molar-refractivity contribution is 0.654. The van der Waals surface area contributed by atoms with E-state index in [-0.39, 0.29) is 0 Å². The summed E-state index contributed by atoms with van der Waals surface area (Å²) in [7, 11) is 0. The van der Waals surface area contributed by atoms with E-state index in [2.05, 4.69) is 291 Å². The van der Waals surface area contributed by atoms with Crippen LogP contribution in [0.3, 0.4) is 0 Å². The van der Waals surface area contributed by atoms with Crippen LogP contribution in [-0.2, 0) is 0 Å². The Morgan fingerprint density at radius 1 is 0.386 bits per heavy atom. The molecule has 9 heteroatoms. The molecule has 0 radical (unpaired) electrons. The Morgan fingerprint density at radius 2 is 0.727 bits per heavy atom. The van der Waals surface area contributed by atoms with Crippen LogP contribution in [0.1, 0.15) is 141 Å². The summed E-state index contributed by atoms with van der Waals surface area (Å²) in [5.74, 6) is 6.66. The summed E-state index contributed by atoms with van der Waals surface area (Å²) in [5, 5.41) is 0. The Morgan fingerprint density at radius 3 is 1.07 bits per heavy atom. The van der Waals surface area contributed by atoms with Crippen molar-refractivity contribution < 1.29 is 0 Å². The summed E-state index contributed by atoms with van der Waals surface area (Å²) in [6, 6.07) is 64.6. The van der Waals surface area contributed by atoms with Crippen LogP contribution in [0.25, 0.3) is 113 Å². The molecule has 88 heavy (non-hydrogen) atoms. The zero-order valence-corrected chi connectivity index (χ0v) is 53.0. The normalized spacial score (nSPS) is 12.5. The molecule has 12 rings (SSSR count). The summed E-state index contributed by atoms with van der Waals surface area (Å²) in [4.78, 5) is 31.8. The van der Waals surface area contributed by atoms with Crippen LogP contribution in [0.2, 0.25) is 0 Å². The second-order valence-corrected chi connectivity index (χ2v) is 25.4. The molecule has 0 unspecified atom stereocenters. The summed E-state index contributed by atoms with van der Waals surface area (Å²) in [6.07, 6.45) is 7.55. The lowest BCUT2D eigenvalue weighted by Gasteiger charge is -2.16. The number of hydrogen-bond donors (Lipinski definition) is 0. The van der Waals surface area contributed by atoms with Crippen molar-refractivity contribution in [2.75, 3.05) is 0 Å². The highest BCUT2D eigenvalue weighted by molar-refractivity contribution is 5.87. The van der Waals surface area contributed by atoms with Gasteiger partial charge < -0.3 is 0 Å². The first kappa shape index (κ1) is 58.8. The minimum atomic E-state index is 0.332. The molecule has 0 aliphatic rings. The number of allylic oxidation sites excluding steroid dienone is 5. The number of fused-ring (bicyclic) bond motifs is 3. The average Bonchev–Trinajstić information content (AvgIpc) is 2.72. The molecule has 0 spiro atoms. The van der Waals surface area contributed by atoms with Crippen LogP contribution in [-0.4, -0.2) is 43.6 Å². The van der Waals surface area contributed by atoms with E-state index in [1.165, 1.54) is 27.8 Å². The maximum Gasteiger partial charge on any atom is 0.164 e. The van der Waals surface area contributed by atoms with E-state index in [1.54, 1.807) is 0 Å². The summed E-state index contributed by atoms with van der Waals surface area (Å²) in [6.45, 7) is 31.4. The van der Waals surface area contributed by atoms with Crippen LogP contribution < -0.4 is 0 Å². The van der Waals surface area contributed by atoms with Gasteiger partial charge in [-0.05, 0) is 209 Å². The third-order valence-electron chi connectivity index (χ3n) is 16.9. The number of benzene rings is 8. The Labute approximate surface area is 519 Å². The molecule has 4 heterocycles. The fourth-order valence-electron chi connectivity index (χ4n) is 11.7. The largest absolute Gasteiger partial charge is 0.292 e. The number of imidazole rings is 3. The fraction of sp³-hybridized carbons (Fsp3) is 0.241. The Balaban J connectivity index is 0.981. The predicted octanol–water partition coefficient (Wildman–Crippen LogP) is 20.9. The van der Waals surface area contributed by atoms with Crippen molar-refractivity contribution >= 4 is 38.7 Å². The minimum absolute atomic E-state index is 0.332. The van der Waals surface area contributed by atoms with Crippen molar-refractivity contribution in [3.8, 4) is 74.0 Å². The zero-order chi connectivity index (χ0) is 61.5. The van der Waals surface area contributed by atoms with Gasteiger partial charge in [0, 0.05) is 50.5 Å². The Kier molecular flexibility index (Phi) is 16.5. The van der Waals surface area contributed by atoms with Gasteiger partial charge >= 0.3 is 0 Å². The zero-order valence-electron chi connectivity index (χ0n) is 53.0. The molecular weight excluding hydrogens is 1070 g/mol. The van der Waals surface area contributed by atoms with Crippen LogP contribution >= 0.6 is 0 Å². The third-order valence-corrected chi connectivity index (χ3v) is 16.9. The van der Waals surface area contributed by atoms with Gasteiger partial charge in [0.15, 0.2) is 17.5 Å². The molecule has 4 aromatic heterocycles. The molecule has 0 N–H and O–H groups in total. The number of hydrogen-bond acceptors (Lipinski definition) is 6. The topological polar surface area (TPSA) is 92.1 Å². The van der Waals surface area contributed by atoms with Gasteiger partial charge in [-0.1, -0.05) is 150 Å². The standard InChI is InChI=1S/C79H79N9/c1-14-54(41-58(49(4)5)28-27-48(2)3)77-80-68-21-15-18-24-71(68)86(77)65-35-29-55(30-36-65)74-83-75(56-31-37-66(38-32-56)87-72-25-19-16-22-69(72)81-78(87)63-44-59(50(6)7)42-60(45-63)51(8)9)85-76(84-74)57-33-39-67(40-34-57)88-73-26-20-17-23-70(73)82-79(88)64-46-61(52(10)11)43-62(47-64)53(12)13/h14-26,28-53H,1,27H2,2-13H3/b54-41+,58-28+. The van der Waals surface area contributed by atoms with Crippen LogP contribution in [0, 0.1) is 11.8 Å². The molecule has 12 aromatic rings. The molecule has 0 atom stereocenters. The highest BCUT2D eigenvalue weighted by Gasteiger charge is 2.22. The second-order valence-electron chi connectivity index (χ2n) is 25.4. The molecule has 0 fully saturated rings. The first-order valence-electron chi connectivity index (χ1n) is 31.4. The van der Waals surface area contributed by atoms with Crippen molar-refractivity contribution in [1.29, 1.82) is 0 Å². The highest BCUT2D eigenvalue weighted by Crippen LogP contribution is 2.38. The SMILES string of the molecule is C=C/C(=C\C(=C/CC(C)C)C(C)C)c1nc2ccccc2n1-c1ccc(-c2nc(-c3ccc(-n4c(-c5cc(C(C)C)cc(C(C)C)c5)nc5ccccc54)cc3)nc(-c3ccc(-n4c(-c5cc(C(C)C)cc(C(C)C)c5)nc5ccccc54)cc3)n2)cc1. The molecule has 0 amide bonds. The van der Waals surface area contributed by atoms with E-state index >= 15 is 0 Å². The van der Waals surface area contributed by atoms with E-state index in [4.69, 9.17) is 29.9 Å². The maximum atomic E-state index is 5.32. The molecule has 8 aromatic carbocycles. The van der Waals surface area contributed by atoms with E-state index in [0.717, 1.165) is 107 Å². The minimum Gasteiger partial charge on any atom is -0.292 e. The van der Waals surface area contributed by atoms with Gasteiger partial charge in [0.25, 0.3) is 0 Å². The van der Waals surface area contributed by atoms with Crippen molar-refractivity contribution in [2.24, 2.45) is 11.8 Å². The summed E-state index contributed by atoms with van der Waals surface area (Å²) in [5.41, 5.74) is 21.0. The monoisotopic (exact) mass is 1150 g/mol. The average molecular weight is 1150 g/mol. The second kappa shape index (κ2) is 24.6. The molecular formula is C79H79N9. The van der Waals surface area contributed by atoms with E-state index in [1.807, 2.05) is 12.1 Å². The first-order chi connectivity index (χ1) is 42.5.